The summed E-state index contributed by atoms with van der Waals surface area (Å²) >= 11 is 1.52. The van der Waals surface area contributed by atoms with Crippen LogP contribution in [0.25, 0.3) is 10.2 Å². The monoisotopic (exact) mass is 512 g/mol. The van der Waals surface area contributed by atoms with Gasteiger partial charge in [0.25, 0.3) is 5.91 Å². The fraction of sp³-hybridized carbons (Fsp3) is 0.379. The number of anilines is 2. The Labute approximate surface area is 221 Å². The standard InChI is InChI=1S/C29H32N6OS/c1-21-25-27(34-17-15-33(16-18-34)24-9-5-6-12-30-24)31-20-32-28(25)37-26(21)29(36)35-13-10-23(11-14-35)19-22-7-3-2-4-8-22/h2-9,12,20,23H,10-11,13-19H2,1H3. The maximum Gasteiger partial charge on any atom is 0.264 e. The molecule has 4 aromatic rings. The van der Waals surface area contributed by atoms with Gasteiger partial charge in [-0.3, -0.25) is 4.79 Å². The first kappa shape index (κ1) is 23.9. The van der Waals surface area contributed by atoms with Gasteiger partial charge in [-0.05, 0) is 55.4 Å². The van der Waals surface area contributed by atoms with Crippen molar-refractivity contribution >= 4 is 39.1 Å². The van der Waals surface area contributed by atoms with Gasteiger partial charge in [0.2, 0.25) is 0 Å². The van der Waals surface area contributed by atoms with Gasteiger partial charge in [-0.25, -0.2) is 15.0 Å². The Kier molecular flexibility index (Phi) is 6.74. The number of aromatic nitrogens is 3. The number of fused-ring (bicyclic) bond motifs is 1. The molecule has 2 aliphatic heterocycles. The number of thiophene rings is 1. The summed E-state index contributed by atoms with van der Waals surface area (Å²) in [6, 6.07) is 16.7. The molecule has 2 aliphatic rings. The lowest BCUT2D eigenvalue weighted by Gasteiger charge is -2.36. The Morgan fingerprint density at radius 1 is 0.892 bits per heavy atom. The number of hydrogen-bond donors (Lipinski definition) is 0. The average molecular weight is 513 g/mol. The molecule has 0 spiro atoms. The minimum Gasteiger partial charge on any atom is -0.353 e. The van der Waals surface area contributed by atoms with E-state index >= 15 is 0 Å². The van der Waals surface area contributed by atoms with Gasteiger partial charge in [0.05, 0.1) is 10.3 Å². The van der Waals surface area contributed by atoms with Crippen LogP contribution in [0.2, 0.25) is 0 Å². The van der Waals surface area contributed by atoms with Crippen LogP contribution in [0.5, 0.6) is 0 Å². The predicted octanol–water partition coefficient (Wildman–Crippen LogP) is 4.82. The lowest BCUT2D eigenvalue weighted by atomic mass is 9.90. The fourth-order valence-corrected chi connectivity index (χ4v) is 6.73. The van der Waals surface area contributed by atoms with E-state index < -0.39 is 0 Å². The molecule has 1 aromatic carbocycles. The number of piperidine rings is 1. The molecular weight excluding hydrogens is 480 g/mol. The summed E-state index contributed by atoms with van der Waals surface area (Å²) in [6.45, 7) is 7.18. The van der Waals surface area contributed by atoms with Crippen LogP contribution in [0.1, 0.15) is 33.6 Å². The number of nitrogens with zero attached hydrogens (tertiary/aromatic N) is 6. The molecule has 0 unspecified atom stereocenters. The smallest absolute Gasteiger partial charge is 0.264 e. The zero-order valence-corrected chi connectivity index (χ0v) is 22.0. The molecule has 1 amide bonds. The normalized spacial score (nSPS) is 16.9. The first-order valence-corrected chi connectivity index (χ1v) is 14.0. The molecule has 7 nitrogen and oxygen atoms in total. The number of aryl methyl sites for hydroxylation is 1. The van der Waals surface area contributed by atoms with Gasteiger partial charge in [-0.2, -0.15) is 0 Å². The second kappa shape index (κ2) is 10.5. The number of pyridine rings is 1. The molecule has 8 heteroatoms. The molecular formula is C29H32N6OS. The predicted molar refractivity (Wildman–Crippen MR) is 150 cm³/mol. The summed E-state index contributed by atoms with van der Waals surface area (Å²) in [5, 5.41) is 1.03. The quantitative estimate of drug-likeness (QED) is 0.382. The SMILES string of the molecule is Cc1c(C(=O)N2CCC(Cc3ccccc3)CC2)sc2ncnc(N3CCN(c4ccccn4)CC3)c12. The Balaban J connectivity index is 1.15. The van der Waals surface area contributed by atoms with Gasteiger partial charge >= 0.3 is 0 Å². The van der Waals surface area contributed by atoms with Gasteiger partial charge < -0.3 is 14.7 Å². The van der Waals surface area contributed by atoms with E-state index in [0.717, 1.165) is 90.8 Å². The summed E-state index contributed by atoms with van der Waals surface area (Å²) in [4.78, 5) is 35.7. The van der Waals surface area contributed by atoms with Crippen molar-refractivity contribution in [1.82, 2.24) is 19.9 Å². The number of rotatable bonds is 5. The largest absolute Gasteiger partial charge is 0.353 e. The average Bonchev–Trinajstić information content (AvgIpc) is 3.31. The van der Waals surface area contributed by atoms with E-state index in [-0.39, 0.29) is 5.91 Å². The van der Waals surface area contributed by atoms with Crippen LogP contribution >= 0.6 is 11.3 Å². The second-order valence-corrected chi connectivity index (χ2v) is 11.0. The van der Waals surface area contributed by atoms with Crippen LogP contribution in [0.3, 0.4) is 0 Å². The van der Waals surface area contributed by atoms with Crippen LogP contribution in [-0.2, 0) is 6.42 Å². The molecule has 0 aliphatic carbocycles. The molecule has 0 saturated carbocycles. The third kappa shape index (κ3) is 4.90. The first-order chi connectivity index (χ1) is 18.2. The van der Waals surface area contributed by atoms with E-state index in [9.17, 15) is 4.79 Å². The first-order valence-electron chi connectivity index (χ1n) is 13.2. The van der Waals surface area contributed by atoms with E-state index in [4.69, 9.17) is 0 Å². The third-order valence-corrected chi connectivity index (χ3v) is 8.91. The molecule has 0 atom stereocenters. The summed E-state index contributed by atoms with van der Waals surface area (Å²) in [6.07, 6.45) is 6.68. The fourth-order valence-electron chi connectivity index (χ4n) is 5.62. The number of carbonyl (C=O) groups is 1. The number of likely N-dealkylation sites (tertiary alicyclic amines) is 1. The van der Waals surface area contributed by atoms with E-state index in [2.05, 4.69) is 68.1 Å². The topological polar surface area (TPSA) is 65.5 Å². The zero-order chi connectivity index (χ0) is 25.2. The van der Waals surface area contributed by atoms with Crippen molar-refractivity contribution in [2.24, 2.45) is 5.92 Å². The van der Waals surface area contributed by atoms with E-state index in [1.54, 1.807) is 6.33 Å². The number of hydrogen-bond acceptors (Lipinski definition) is 7. The van der Waals surface area contributed by atoms with E-state index in [1.165, 1.54) is 16.9 Å². The highest BCUT2D eigenvalue weighted by molar-refractivity contribution is 7.20. The number of benzene rings is 1. The Morgan fingerprint density at radius 3 is 2.35 bits per heavy atom. The molecule has 6 rings (SSSR count). The van der Waals surface area contributed by atoms with Crippen LogP contribution in [0, 0.1) is 12.8 Å². The minimum absolute atomic E-state index is 0.143. The second-order valence-electron chi connectivity index (χ2n) is 10.0. The summed E-state index contributed by atoms with van der Waals surface area (Å²) < 4.78 is 0. The molecule has 190 valence electrons. The molecule has 2 fully saturated rings. The van der Waals surface area contributed by atoms with Crippen molar-refractivity contribution < 1.29 is 4.79 Å². The van der Waals surface area contributed by atoms with Crippen LogP contribution in [0.15, 0.2) is 61.1 Å². The Hall–Kier alpha value is -3.52. The Morgan fingerprint density at radius 2 is 1.62 bits per heavy atom. The molecule has 2 saturated heterocycles. The van der Waals surface area contributed by atoms with Gasteiger partial charge in [0, 0.05) is 45.5 Å². The van der Waals surface area contributed by atoms with Crippen molar-refractivity contribution in [1.29, 1.82) is 0 Å². The van der Waals surface area contributed by atoms with Crippen molar-refractivity contribution in [3.05, 3.63) is 77.1 Å². The third-order valence-electron chi connectivity index (χ3n) is 7.72. The van der Waals surface area contributed by atoms with Gasteiger partial charge in [0.15, 0.2) is 0 Å². The van der Waals surface area contributed by atoms with Gasteiger partial charge in [-0.1, -0.05) is 36.4 Å². The lowest BCUT2D eigenvalue weighted by Crippen LogP contribution is -2.47. The number of piperazine rings is 1. The van der Waals surface area contributed by atoms with Crippen molar-refractivity contribution in [2.45, 2.75) is 26.2 Å². The lowest BCUT2D eigenvalue weighted by molar-refractivity contribution is 0.0695. The molecule has 0 radical (unpaired) electrons. The molecule has 37 heavy (non-hydrogen) atoms. The highest BCUT2D eigenvalue weighted by Crippen LogP contribution is 2.36. The van der Waals surface area contributed by atoms with Crippen molar-refractivity contribution in [3.63, 3.8) is 0 Å². The van der Waals surface area contributed by atoms with Crippen LogP contribution < -0.4 is 9.80 Å². The molecule has 3 aromatic heterocycles. The Bertz CT molecular complexity index is 1360. The maximum atomic E-state index is 13.6. The van der Waals surface area contributed by atoms with Crippen molar-refractivity contribution in [3.8, 4) is 0 Å². The van der Waals surface area contributed by atoms with Crippen LogP contribution in [-0.4, -0.2) is 65.0 Å². The molecule has 0 N–H and O–H groups in total. The maximum absolute atomic E-state index is 13.6. The molecule has 5 heterocycles. The van der Waals surface area contributed by atoms with E-state index in [1.807, 2.05) is 23.2 Å². The zero-order valence-electron chi connectivity index (χ0n) is 21.2. The highest BCUT2D eigenvalue weighted by atomic mass is 32.1. The number of amides is 1. The summed E-state index contributed by atoms with van der Waals surface area (Å²) in [7, 11) is 0. The minimum atomic E-state index is 0.143. The summed E-state index contributed by atoms with van der Waals surface area (Å²) in [5.74, 6) is 2.74. The van der Waals surface area contributed by atoms with Gasteiger partial charge in [-0.15, -0.1) is 11.3 Å². The highest BCUT2D eigenvalue weighted by Gasteiger charge is 2.29. The molecule has 0 bridgehead atoms. The van der Waals surface area contributed by atoms with Crippen LogP contribution in [0.4, 0.5) is 11.6 Å². The summed E-state index contributed by atoms with van der Waals surface area (Å²) in [5.41, 5.74) is 2.40. The van der Waals surface area contributed by atoms with E-state index in [0.29, 0.717) is 5.92 Å². The number of carbonyl (C=O) groups excluding carboxylic acids is 1. The van der Waals surface area contributed by atoms with Gasteiger partial charge in [0.1, 0.15) is 22.8 Å². The van der Waals surface area contributed by atoms with Crippen molar-refractivity contribution in [2.75, 3.05) is 49.1 Å².